The minimum Gasteiger partial charge on any atom is -0.478 e. The highest BCUT2D eigenvalue weighted by molar-refractivity contribution is 5.87. The standard InChI is InChI=1S/C18H13N7O2/c26-17(27)13-6-4-12(5-7-13)9-21-24-18-20-10-14-11-22-25(16(14)23-18)15-3-1-2-8-19-15/h1-8,10-11H,9H2,(H,26,27). The third kappa shape index (κ3) is 3.52. The molecule has 0 aliphatic heterocycles. The third-order valence-electron chi connectivity index (χ3n) is 3.78. The van der Waals surface area contributed by atoms with E-state index in [0.717, 1.165) is 10.9 Å². The minimum absolute atomic E-state index is 0.210. The predicted molar refractivity (Wildman–Crippen MR) is 96.1 cm³/mol. The molecule has 0 unspecified atom stereocenters. The molecule has 0 bridgehead atoms. The van der Waals surface area contributed by atoms with E-state index in [1.807, 2.05) is 18.2 Å². The molecular weight excluding hydrogens is 346 g/mol. The molecule has 132 valence electrons. The number of pyridine rings is 1. The molecule has 3 heterocycles. The molecule has 0 aliphatic carbocycles. The number of carboxylic acid groups (broad SMARTS) is 1. The molecule has 0 fully saturated rings. The zero-order valence-electron chi connectivity index (χ0n) is 14.0. The van der Waals surface area contributed by atoms with Crippen LogP contribution in [0, 0.1) is 0 Å². The Hall–Kier alpha value is -4.01. The molecule has 1 N–H and O–H groups in total. The molecule has 4 aromatic rings. The van der Waals surface area contributed by atoms with Gasteiger partial charge in [-0.05, 0) is 29.8 Å². The molecule has 0 spiro atoms. The molecule has 0 aliphatic rings. The van der Waals surface area contributed by atoms with Gasteiger partial charge in [-0.1, -0.05) is 18.2 Å². The first-order valence-corrected chi connectivity index (χ1v) is 8.02. The number of rotatable bonds is 5. The van der Waals surface area contributed by atoms with Gasteiger partial charge in [-0.15, -0.1) is 5.11 Å². The first-order chi connectivity index (χ1) is 13.2. The topological polar surface area (TPSA) is 119 Å². The van der Waals surface area contributed by atoms with Gasteiger partial charge >= 0.3 is 5.97 Å². The van der Waals surface area contributed by atoms with Crippen molar-refractivity contribution in [1.29, 1.82) is 0 Å². The van der Waals surface area contributed by atoms with Crippen LogP contribution in [0.1, 0.15) is 15.9 Å². The van der Waals surface area contributed by atoms with Gasteiger partial charge in [0.2, 0.25) is 0 Å². The first-order valence-electron chi connectivity index (χ1n) is 8.02. The van der Waals surface area contributed by atoms with Crippen LogP contribution in [-0.4, -0.2) is 35.8 Å². The molecule has 0 saturated heterocycles. The quantitative estimate of drug-likeness (QED) is 0.547. The summed E-state index contributed by atoms with van der Waals surface area (Å²) < 4.78 is 1.61. The summed E-state index contributed by atoms with van der Waals surface area (Å²) in [5.41, 5.74) is 1.65. The largest absolute Gasteiger partial charge is 0.478 e. The van der Waals surface area contributed by atoms with Crippen LogP contribution in [0.4, 0.5) is 5.95 Å². The second-order valence-corrected chi connectivity index (χ2v) is 5.59. The Morgan fingerprint density at radius 2 is 1.93 bits per heavy atom. The summed E-state index contributed by atoms with van der Waals surface area (Å²) in [6.07, 6.45) is 4.97. The molecule has 9 nitrogen and oxygen atoms in total. The summed E-state index contributed by atoms with van der Waals surface area (Å²) in [6, 6.07) is 12.0. The molecular formula is C18H13N7O2. The zero-order valence-corrected chi connectivity index (χ0v) is 14.0. The number of benzene rings is 1. The summed E-state index contributed by atoms with van der Waals surface area (Å²) in [7, 11) is 0. The first kappa shape index (κ1) is 16.5. The van der Waals surface area contributed by atoms with Crippen LogP contribution in [0.3, 0.4) is 0 Å². The van der Waals surface area contributed by atoms with E-state index in [9.17, 15) is 4.79 Å². The maximum Gasteiger partial charge on any atom is 0.335 e. The number of nitrogens with zero attached hydrogens (tertiary/aromatic N) is 7. The van der Waals surface area contributed by atoms with Crippen molar-refractivity contribution in [1.82, 2.24) is 24.7 Å². The summed E-state index contributed by atoms with van der Waals surface area (Å²) in [5, 5.41) is 22.1. The van der Waals surface area contributed by atoms with E-state index in [-0.39, 0.29) is 11.5 Å². The number of aromatic nitrogens is 5. The molecule has 1 aromatic carbocycles. The second kappa shape index (κ2) is 7.08. The molecule has 9 heteroatoms. The van der Waals surface area contributed by atoms with Crippen molar-refractivity contribution in [2.45, 2.75) is 6.54 Å². The molecule has 4 rings (SSSR count). The average Bonchev–Trinajstić information content (AvgIpc) is 3.12. The van der Waals surface area contributed by atoms with Crippen molar-refractivity contribution in [3.05, 3.63) is 72.2 Å². The lowest BCUT2D eigenvalue weighted by molar-refractivity contribution is 0.0697. The number of hydrogen-bond acceptors (Lipinski definition) is 7. The number of carbonyl (C=O) groups is 1. The molecule has 0 saturated carbocycles. The molecule has 3 aromatic heterocycles. The molecule has 27 heavy (non-hydrogen) atoms. The molecule has 0 atom stereocenters. The van der Waals surface area contributed by atoms with Gasteiger partial charge in [0.1, 0.15) is 0 Å². The van der Waals surface area contributed by atoms with Gasteiger partial charge < -0.3 is 5.11 Å². The lowest BCUT2D eigenvalue weighted by Crippen LogP contribution is -1.99. The van der Waals surface area contributed by atoms with E-state index < -0.39 is 5.97 Å². The fourth-order valence-corrected chi connectivity index (χ4v) is 2.44. The van der Waals surface area contributed by atoms with E-state index in [1.54, 1.807) is 35.4 Å². The van der Waals surface area contributed by atoms with Crippen molar-refractivity contribution < 1.29 is 9.90 Å². The fraction of sp³-hybridized carbons (Fsp3) is 0.0556. The summed E-state index contributed by atoms with van der Waals surface area (Å²) in [4.78, 5) is 23.7. The van der Waals surface area contributed by atoms with Crippen molar-refractivity contribution in [2.24, 2.45) is 10.2 Å². The smallest absolute Gasteiger partial charge is 0.335 e. The number of carboxylic acids is 1. The minimum atomic E-state index is -0.964. The molecule has 0 amide bonds. The van der Waals surface area contributed by atoms with Crippen molar-refractivity contribution >= 4 is 23.0 Å². The number of fused-ring (bicyclic) bond motifs is 1. The van der Waals surface area contributed by atoms with Crippen LogP contribution in [-0.2, 0) is 6.54 Å². The Morgan fingerprint density at radius 3 is 2.67 bits per heavy atom. The Morgan fingerprint density at radius 1 is 1.07 bits per heavy atom. The summed E-state index contributed by atoms with van der Waals surface area (Å²) in [6.45, 7) is 0.292. The summed E-state index contributed by atoms with van der Waals surface area (Å²) in [5.74, 6) is -0.107. The number of hydrogen-bond donors (Lipinski definition) is 1. The fourth-order valence-electron chi connectivity index (χ4n) is 2.44. The van der Waals surface area contributed by atoms with Crippen LogP contribution >= 0.6 is 0 Å². The number of aromatic carboxylic acids is 1. The van der Waals surface area contributed by atoms with Gasteiger partial charge in [0, 0.05) is 12.4 Å². The highest BCUT2D eigenvalue weighted by Crippen LogP contribution is 2.17. The van der Waals surface area contributed by atoms with Crippen molar-refractivity contribution in [3.8, 4) is 5.82 Å². The van der Waals surface area contributed by atoms with E-state index in [2.05, 4.69) is 30.3 Å². The van der Waals surface area contributed by atoms with Gasteiger partial charge in [-0.3, -0.25) is 0 Å². The monoisotopic (exact) mass is 359 g/mol. The van der Waals surface area contributed by atoms with Crippen molar-refractivity contribution in [2.75, 3.05) is 0 Å². The Kier molecular flexibility index (Phi) is 4.32. The van der Waals surface area contributed by atoms with Crippen LogP contribution < -0.4 is 0 Å². The van der Waals surface area contributed by atoms with Crippen LogP contribution in [0.5, 0.6) is 0 Å². The van der Waals surface area contributed by atoms with E-state index in [0.29, 0.717) is 18.0 Å². The van der Waals surface area contributed by atoms with Gasteiger partial charge in [-0.2, -0.15) is 19.9 Å². The van der Waals surface area contributed by atoms with E-state index >= 15 is 0 Å². The normalized spacial score (nSPS) is 11.3. The van der Waals surface area contributed by atoms with E-state index in [1.165, 1.54) is 12.1 Å². The van der Waals surface area contributed by atoms with Crippen LogP contribution in [0.2, 0.25) is 0 Å². The zero-order chi connectivity index (χ0) is 18.6. The maximum atomic E-state index is 10.9. The average molecular weight is 359 g/mol. The van der Waals surface area contributed by atoms with Crippen LogP contribution in [0.25, 0.3) is 16.9 Å². The Labute approximate surface area is 153 Å². The van der Waals surface area contributed by atoms with E-state index in [4.69, 9.17) is 5.11 Å². The Bertz CT molecular complexity index is 1120. The van der Waals surface area contributed by atoms with Gasteiger partial charge in [0.25, 0.3) is 5.95 Å². The lowest BCUT2D eigenvalue weighted by Gasteiger charge is -2.01. The van der Waals surface area contributed by atoms with Gasteiger partial charge in [0.05, 0.1) is 23.7 Å². The number of azo groups is 1. The maximum absolute atomic E-state index is 10.9. The second-order valence-electron chi connectivity index (χ2n) is 5.59. The SMILES string of the molecule is O=C(O)c1ccc(CN=Nc2ncc3cnn(-c4ccccn4)c3n2)cc1. The predicted octanol–water partition coefficient (Wildman–Crippen LogP) is 3.19. The van der Waals surface area contributed by atoms with Gasteiger partial charge in [0.15, 0.2) is 11.5 Å². The highest BCUT2D eigenvalue weighted by atomic mass is 16.4. The third-order valence-corrected chi connectivity index (χ3v) is 3.78. The molecule has 0 radical (unpaired) electrons. The van der Waals surface area contributed by atoms with Crippen molar-refractivity contribution in [3.63, 3.8) is 0 Å². The van der Waals surface area contributed by atoms with Gasteiger partial charge in [-0.25, -0.2) is 14.8 Å². The summed E-state index contributed by atoms with van der Waals surface area (Å²) >= 11 is 0. The van der Waals surface area contributed by atoms with Crippen LogP contribution in [0.15, 0.2) is 71.3 Å². The highest BCUT2D eigenvalue weighted by Gasteiger charge is 2.09. The lowest BCUT2D eigenvalue weighted by atomic mass is 10.1. The Balaban J connectivity index is 1.55.